The number of halogens is 3. The molecule has 0 aliphatic heterocycles. The van der Waals surface area contributed by atoms with Gasteiger partial charge < -0.3 is 15.7 Å². The minimum atomic E-state index is -4.17. The summed E-state index contributed by atoms with van der Waals surface area (Å²) in [5.41, 5.74) is 5.81. The molecule has 4 nitrogen and oxygen atoms in total. The standard InChI is InChI=1S/C11H13F3N2O2/c12-11(13,14)5-2-6-18-9-4-1-3-8(7-9)10(15)16-17/h1,3-4,7,17H,2,5-6H2,(H2,15,16). The third kappa shape index (κ3) is 4.94. The van der Waals surface area contributed by atoms with E-state index in [1.807, 2.05) is 0 Å². The fourth-order valence-electron chi connectivity index (χ4n) is 1.27. The lowest BCUT2D eigenvalue weighted by molar-refractivity contribution is -0.136. The molecule has 7 heteroatoms. The molecule has 0 bridgehead atoms. The fourth-order valence-corrected chi connectivity index (χ4v) is 1.27. The van der Waals surface area contributed by atoms with Gasteiger partial charge in [0.25, 0.3) is 0 Å². The van der Waals surface area contributed by atoms with Crippen molar-refractivity contribution in [1.82, 2.24) is 0 Å². The predicted molar refractivity (Wildman–Crippen MR) is 59.7 cm³/mol. The van der Waals surface area contributed by atoms with Crippen molar-refractivity contribution in [3.05, 3.63) is 29.8 Å². The van der Waals surface area contributed by atoms with Crippen LogP contribution in [0.5, 0.6) is 5.75 Å². The van der Waals surface area contributed by atoms with Crippen LogP contribution >= 0.6 is 0 Å². The first-order chi connectivity index (χ1) is 8.42. The molecule has 0 aliphatic carbocycles. The Kier molecular flexibility index (Phi) is 4.82. The van der Waals surface area contributed by atoms with Crippen molar-refractivity contribution in [2.45, 2.75) is 19.0 Å². The van der Waals surface area contributed by atoms with Crippen molar-refractivity contribution < 1.29 is 23.1 Å². The van der Waals surface area contributed by atoms with Gasteiger partial charge in [-0.1, -0.05) is 17.3 Å². The maximum absolute atomic E-state index is 11.9. The van der Waals surface area contributed by atoms with Gasteiger partial charge in [0.05, 0.1) is 6.61 Å². The number of oxime groups is 1. The molecule has 0 aliphatic rings. The van der Waals surface area contributed by atoms with Gasteiger partial charge in [-0.05, 0) is 18.6 Å². The van der Waals surface area contributed by atoms with Gasteiger partial charge in [-0.3, -0.25) is 0 Å². The van der Waals surface area contributed by atoms with Crippen LogP contribution < -0.4 is 10.5 Å². The lowest BCUT2D eigenvalue weighted by Gasteiger charge is -2.09. The highest BCUT2D eigenvalue weighted by molar-refractivity contribution is 5.97. The van der Waals surface area contributed by atoms with Gasteiger partial charge >= 0.3 is 6.18 Å². The van der Waals surface area contributed by atoms with Crippen LogP contribution in [0.4, 0.5) is 13.2 Å². The predicted octanol–water partition coefficient (Wildman–Crippen LogP) is 2.50. The Bertz CT molecular complexity index is 419. The molecule has 0 atom stereocenters. The van der Waals surface area contributed by atoms with Gasteiger partial charge in [-0.25, -0.2) is 0 Å². The summed E-state index contributed by atoms with van der Waals surface area (Å²) in [6.45, 7) is -0.0425. The number of hydrogen-bond acceptors (Lipinski definition) is 3. The van der Waals surface area contributed by atoms with E-state index in [2.05, 4.69) is 5.16 Å². The Labute approximate surface area is 102 Å². The maximum atomic E-state index is 11.9. The van der Waals surface area contributed by atoms with Crippen LogP contribution in [0.2, 0.25) is 0 Å². The molecule has 0 aromatic heterocycles. The second-order valence-electron chi connectivity index (χ2n) is 3.58. The van der Waals surface area contributed by atoms with E-state index in [4.69, 9.17) is 15.7 Å². The van der Waals surface area contributed by atoms with Crippen LogP contribution in [-0.2, 0) is 0 Å². The summed E-state index contributed by atoms with van der Waals surface area (Å²) in [6, 6.07) is 6.27. The van der Waals surface area contributed by atoms with E-state index in [-0.39, 0.29) is 18.9 Å². The normalized spacial score (nSPS) is 12.5. The molecule has 0 spiro atoms. The molecular formula is C11H13F3N2O2. The van der Waals surface area contributed by atoms with Crippen LogP contribution in [0.1, 0.15) is 18.4 Å². The van der Waals surface area contributed by atoms with Crippen molar-refractivity contribution in [3.8, 4) is 5.75 Å². The number of alkyl halides is 3. The molecule has 0 saturated carbocycles. The van der Waals surface area contributed by atoms with E-state index in [1.165, 1.54) is 6.07 Å². The average molecular weight is 262 g/mol. The zero-order valence-corrected chi connectivity index (χ0v) is 9.44. The molecule has 0 heterocycles. The molecule has 18 heavy (non-hydrogen) atoms. The summed E-state index contributed by atoms with van der Waals surface area (Å²) in [4.78, 5) is 0. The molecule has 1 rings (SSSR count). The Morgan fingerprint density at radius 1 is 1.39 bits per heavy atom. The monoisotopic (exact) mass is 262 g/mol. The second-order valence-corrected chi connectivity index (χ2v) is 3.58. The van der Waals surface area contributed by atoms with Gasteiger partial charge in [0.1, 0.15) is 5.75 Å². The smallest absolute Gasteiger partial charge is 0.389 e. The molecule has 0 saturated heterocycles. The quantitative estimate of drug-likeness (QED) is 0.281. The zero-order chi connectivity index (χ0) is 13.6. The lowest BCUT2D eigenvalue weighted by atomic mass is 10.2. The van der Waals surface area contributed by atoms with E-state index in [9.17, 15) is 13.2 Å². The number of nitrogens with two attached hydrogens (primary N) is 1. The van der Waals surface area contributed by atoms with Gasteiger partial charge in [-0.15, -0.1) is 0 Å². The second kappa shape index (κ2) is 6.13. The van der Waals surface area contributed by atoms with Crippen molar-refractivity contribution >= 4 is 5.84 Å². The minimum absolute atomic E-state index is 0.0425. The van der Waals surface area contributed by atoms with Gasteiger partial charge in [0.2, 0.25) is 0 Å². The van der Waals surface area contributed by atoms with E-state index < -0.39 is 12.6 Å². The van der Waals surface area contributed by atoms with E-state index in [1.54, 1.807) is 18.2 Å². The van der Waals surface area contributed by atoms with Crippen LogP contribution in [0.15, 0.2) is 29.4 Å². The molecule has 0 radical (unpaired) electrons. The Balaban J connectivity index is 2.48. The first kappa shape index (κ1) is 14.1. The summed E-state index contributed by atoms with van der Waals surface area (Å²) >= 11 is 0. The summed E-state index contributed by atoms with van der Waals surface area (Å²) < 4.78 is 40.8. The Hall–Kier alpha value is -1.92. The highest BCUT2D eigenvalue weighted by Gasteiger charge is 2.26. The Morgan fingerprint density at radius 2 is 2.11 bits per heavy atom. The lowest BCUT2D eigenvalue weighted by Crippen LogP contribution is -2.13. The molecule has 1 aromatic carbocycles. The third-order valence-corrected chi connectivity index (χ3v) is 2.11. The molecule has 0 unspecified atom stereocenters. The number of ether oxygens (including phenoxy) is 1. The number of amidine groups is 1. The first-order valence-corrected chi connectivity index (χ1v) is 5.20. The van der Waals surface area contributed by atoms with Gasteiger partial charge in [-0.2, -0.15) is 13.2 Å². The van der Waals surface area contributed by atoms with Crippen LogP contribution in [0.25, 0.3) is 0 Å². The molecule has 100 valence electrons. The van der Waals surface area contributed by atoms with Crippen molar-refractivity contribution in [2.24, 2.45) is 10.9 Å². The van der Waals surface area contributed by atoms with Crippen molar-refractivity contribution in [3.63, 3.8) is 0 Å². The summed E-state index contributed by atoms with van der Waals surface area (Å²) in [7, 11) is 0. The highest BCUT2D eigenvalue weighted by atomic mass is 19.4. The largest absolute Gasteiger partial charge is 0.494 e. The molecule has 0 amide bonds. The highest BCUT2D eigenvalue weighted by Crippen LogP contribution is 2.21. The minimum Gasteiger partial charge on any atom is -0.494 e. The van der Waals surface area contributed by atoms with Crippen LogP contribution in [-0.4, -0.2) is 23.8 Å². The molecule has 3 N–H and O–H groups in total. The Morgan fingerprint density at radius 3 is 2.72 bits per heavy atom. The molecule has 1 aromatic rings. The molecule has 0 fully saturated rings. The maximum Gasteiger partial charge on any atom is 0.389 e. The van der Waals surface area contributed by atoms with Gasteiger partial charge in [0, 0.05) is 12.0 Å². The van der Waals surface area contributed by atoms with Crippen molar-refractivity contribution in [2.75, 3.05) is 6.61 Å². The third-order valence-electron chi connectivity index (χ3n) is 2.11. The first-order valence-electron chi connectivity index (χ1n) is 5.20. The number of rotatable bonds is 5. The summed E-state index contributed by atoms with van der Waals surface area (Å²) in [5.74, 6) is 0.289. The van der Waals surface area contributed by atoms with Crippen LogP contribution in [0.3, 0.4) is 0 Å². The number of nitrogens with zero attached hydrogens (tertiary/aromatic N) is 1. The van der Waals surface area contributed by atoms with E-state index in [0.29, 0.717) is 11.3 Å². The number of benzene rings is 1. The van der Waals surface area contributed by atoms with E-state index in [0.717, 1.165) is 0 Å². The molecular weight excluding hydrogens is 249 g/mol. The topological polar surface area (TPSA) is 67.8 Å². The number of hydrogen-bond donors (Lipinski definition) is 2. The summed E-state index contributed by atoms with van der Waals surface area (Å²) in [6.07, 6.45) is -5.16. The van der Waals surface area contributed by atoms with Crippen LogP contribution in [0, 0.1) is 0 Å². The zero-order valence-electron chi connectivity index (χ0n) is 9.44. The van der Waals surface area contributed by atoms with Gasteiger partial charge in [0.15, 0.2) is 5.84 Å². The SMILES string of the molecule is N/C(=N/O)c1cccc(OCCCC(F)(F)F)c1. The average Bonchev–Trinajstić information content (AvgIpc) is 2.33. The fraction of sp³-hybridized carbons (Fsp3) is 0.364. The van der Waals surface area contributed by atoms with E-state index >= 15 is 0 Å². The summed E-state index contributed by atoms with van der Waals surface area (Å²) in [5, 5.41) is 11.3. The van der Waals surface area contributed by atoms with Crippen molar-refractivity contribution in [1.29, 1.82) is 0 Å².